The zero-order valence-electron chi connectivity index (χ0n) is 17.4. The largest absolute Gasteiger partial charge is 0.484 e. The first-order valence-electron chi connectivity index (χ1n) is 9.73. The zero-order valence-corrected chi connectivity index (χ0v) is 17.4. The van der Waals surface area contributed by atoms with Gasteiger partial charge >= 0.3 is 0 Å². The van der Waals surface area contributed by atoms with E-state index in [1.807, 2.05) is 45.9 Å². The second kappa shape index (κ2) is 10.0. The van der Waals surface area contributed by atoms with Crippen LogP contribution in [0.15, 0.2) is 54.6 Å². The number of carbonyl (C=O) groups is 2. The van der Waals surface area contributed by atoms with Gasteiger partial charge in [0.15, 0.2) is 6.61 Å². The molecule has 0 saturated heterocycles. The molecule has 0 fully saturated rings. The van der Waals surface area contributed by atoms with Gasteiger partial charge in [-0.1, -0.05) is 37.3 Å². The topological polar surface area (TPSA) is 58.6 Å². The van der Waals surface area contributed by atoms with Crippen molar-refractivity contribution < 1.29 is 18.7 Å². The first-order valence-corrected chi connectivity index (χ1v) is 9.73. The van der Waals surface area contributed by atoms with E-state index in [4.69, 9.17) is 4.74 Å². The highest BCUT2D eigenvalue weighted by atomic mass is 19.1. The third-order valence-corrected chi connectivity index (χ3v) is 4.26. The fourth-order valence-corrected chi connectivity index (χ4v) is 2.90. The third kappa shape index (κ3) is 7.22. The molecule has 0 saturated carbocycles. The summed E-state index contributed by atoms with van der Waals surface area (Å²) in [6.45, 7) is 7.53. The number of rotatable bonds is 8. The molecule has 0 aliphatic carbocycles. The van der Waals surface area contributed by atoms with Crippen molar-refractivity contribution in [3.05, 3.63) is 66.0 Å². The Kier molecular flexibility index (Phi) is 7.76. The molecule has 0 aliphatic rings. The van der Waals surface area contributed by atoms with Crippen LogP contribution in [0.3, 0.4) is 0 Å². The fraction of sp³-hybridized carbons (Fsp3) is 0.391. The lowest BCUT2D eigenvalue weighted by molar-refractivity contribution is -0.143. The maximum Gasteiger partial charge on any atom is 0.261 e. The number of nitrogens with zero attached hydrogens (tertiary/aromatic N) is 1. The standard InChI is InChI=1S/C23H29FN2O3/c1-5-20(22(28)25-23(2,3)4)26(15-17-11-13-18(24)14-12-17)21(27)16-29-19-9-7-6-8-10-19/h6-14,20H,5,15-16H2,1-4H3,(H,25,28)/t20-/m1/s1. The second-order valence-corrected chi connectivity index (χ2v) is 7.91. The van der Waals surface area contributed by atoms with Gasteiger partial charge in [-0.3, -0.25) is 9.59 Å². The molecular weight excluding hydrogens is 371 g/mol. The number of ether oxygens (including phenoxy) is 1. The molecule has 2 aromatic carbocycles. The highest BCUT2D eigenvalue weighted by Crippen LogP contribution is 2.15. The SMILES string of the molecule is CC[C@H](C(=O)NC(C)(C)C)N(Cc1ccc(F)cc1)C(=O)COc1ccccc1. The predicted octanol–water partition coefficient (Wildman–Crippen LogP) is 3.93. The molecule has 0 radical (unpaired) electrons. The van der Waals surface area contributed by atoms with Crippen LogP contribution in [-0.2, 0) is 16.1 Å². The molecule has 29 heavy (non-hydrogen) atoms. The number of nitrogens with one attached hydrogen (secondary N) is 1. The molecule has 5 nitrogen and oxygen atoms in total. The molecule has 0 unspecified atom stereocenters. The minimum atomic E-state index is -0.661. The molecule has 6 heteroatoms. The van der Waals surface area contributed by atoms with Crippen molar-refractivity contribution in [2.75, 3.05) is 6.61 Å². The molecule has 2 amide bonds. The van der Waals surface area contributed by atoms with Crippen molar-refractivity contribution >= 4 is 11.8 Å². The fourth-order valence-electron chi connectivity index (χ4n) is 2.90. The quantitative estimate of drug-likeness (QED) is 0.731. The number of amides is 2. The molecular formula is C23H29FN2O3. The Bertz CT molecular complexity index is 801. The van der Waals surface area contributed by atoms with Crippen LogP contribution < -0.4 is 10.1 Å². The Hall–Kier alpha value is -2.89. The van der Waals surface area contributed by atoms with Crippen LogP contribution in [0.2, 0.25) is 0 Å². The molecule has 156 valence electrons. The molecule has 0 heterocycles. The van der Waals surface area contributed by atoms with Gasteiger partial charge in [0.05, 0.1) is 0 Å². The predicted molar refractivity (Wildman–Crippen MR) is 111 cm³/mol. The zero-order chi connectivity index (χ0) is 21.4. The van der Waals surface area contributed by atoms with E-state index in [0.29, 0.717) is 12.2 Å². The summed E-state index contributed by atoms with van der Waals surface area (Å²) in [5, 5.41) is 2.94. The molecule has 0 bridgehead atoms. The van der Waals surface area contributed by atoms with Crippen LogP contribution in [0.4, 0.5) is 4.39 Å². The van der Waals surface area contributed by atoms with Crippen molar-refractivity contribution in [3.63, 3.8) is 0 Å². The monoisotopic (exact) mass is 400 g/mol. The maximum absolute atomic E-state index is 13.3. The van der Waals surface area contributed by atoms with E-state index < -0.39 is 11.6 Å². The Morgan fingerprint density at radius 3 is 2.24 bits per heavy atom. The summed E-state index contributed by atoms with van der Waals surface area (Å²) < 4.78 is 18.9. The van der Waals surface area contributed by atoms with Crippen LogP contribution in [0, 0.1) is 5.82 Å². The Labute approximate surface area is 171 Å². The van der Waals surface area contributed by atoms with Gasteiger partial charge in [-0.15, -0.1) is 0 Å². The summed E-state index contributed by atoms with van der Waals surface area (Å²) in [4.78, 5) is 27.4. The number of hydrogen-bond acceptors (Lipinski definition) is 3. The smallest absolute Gasteiger partial charge is 0.261 e. The number of carbonyl (C=O) groups excluding carboxylic acids is 2. The lowest BCUT2D eigenvalue weighted by atomic mass is 10.1. The van der Waals surface area contributed by atoms with Gasteiger partial charge in [0.2, 0.25) is 5.91 Å². The number of hydrogen-bond donors (Lipinski definition) is 1. The minimum absolute atomic E-state index is 0.188. The van der Waals surface area contributed by atoms with Gasteiger partial charge in [0.25, 0.3) is 5.91 Å². The van der Waals surface area contributed by atoms with E-state index in [2.05, 4.69) is 5.32 Å². The van der Waals surface area contributed by atoms with Crippen LogP contribution in [0.1, 0.15) is 39.7 Å². The summed E-state index contributed by atoms with van der Waals surface area (Å²) in [7, 11) is 0. The molecule has 0 aliphatic heterocycles. The van der Waals surface area contributed by atoms with Crippen LogP contribution in [-0.4, -0.2) is 34.9 Å². The summed E-state index contributed by atoms with van der Waals surface area (Å²) >= 11 is 0. The van der Waals surface area contributed by atoms with Gasteiger partial charge < -0.3 is 15.0 Å². The van der Waals surface area contributed by atoms with Gasteiger partial charge in [0, 0.05) is 12.1 Å². The molecule has 0 spiro atoms. The molecule has 1 atom stereocenters. The van der Waals surface area contributed by atoms with E-state index in [1.165, 1.54) is 17.0 Å². The lowest BCUT2D eigenvalue weighted by Crippen LogP contribution is -2.54. The van der Waals surface area contributed by atoms with Crippen molar-refractivity contribution in [3.8, 4) is 5.75 Å². The molecule has 0 aromatic heterocycles. The van der Waals surface area contributed by atoms with Crippen molar-refractivity contribution in [2.24, 2.45) is 0 Å². The molecule has 2 aromatic rings. The van der Waals surface area contributed by atoms with Crippen LogP contribution in [0.5, 0.6) is 5.75 Å². The maximum atomic E-state index is 13.3. The molecule has 1 N–H and O–H groups in total. The second-order valence-electron chi connectivity index (χ2n) is 7.91. The molecule has 2 rings (SSSR count). The van der Waals surface area contributed by atoms with Crippen LogP contribution >= 0.6 is 0 Å². The van der Waals surface area contributed by atoms with Crippen molar-refractivity contribution in [1.82, 2.24) is 10.2 Å². The van der Waals surface area contributed by atoms with E-state index in [1.54, 1.807) is 24.3 Å². The third-order valence-electron chi connectivity index (χ3n) is 4.26. The van der Waals surface area contributed by atoms with E-state index in [9.17, 15) is 14.0 Å². The normalized spacial score (nSPS) is 12.2. The van der Waals surface area contributed by atoms with E-state index >= 15 is 0 Å². The van der Waals surface area contributed by atoms with E-state index in [-0.39, 0.29) is 30.8 Å². The number of benzene rings is 2. The lowest BCUT2D eigenvalue weighted by Gasteiger charge is -2.33. The first-order chi connectivity index (χ1) is 13.7. The van der Waals surface area contributed by atoms with Gasteiger partial charge in [-0.2, -0.15) is 0 Å². The Balaban J connectivity index is 2.21. The van der Waals surface area contributed by atoms with E-state index in [0.717, 1.165) is 5.56 Å². The number of para-hydroxylation sites is 1. The Morgan fingerprint density at radius 2 is 1.69 bits per heavy atom. The highest BCUT2D eigenvalue weighted by Gasteiger charge is 2.30. The summed E-state index contributed by atoms with van der Waals surface area (Å²) in [5.74, 6) is -0.310. The number of halogens is 1. The summed E-state index contributed by atoms with van der Waals surface area (Å²) in [5.41, 5.74) is 0.316. The first kappa shape index (κ1) is 22.4. The van der Waals surface area contributed by atoms with Crippen LogP contribution in [0.25, 0.3) is 0 Å². The van der Waals surface area contributed by atoms with Crippen molar-refractivity contribution in [2.45, 2.75) is 52.2 Å². The summed E-state index contributed by atoms with van der Waals surface area (Å²) in [6, 6.07) is 14.3. The average molecular weight is 400 g/mol. The average Bonchev–Trinajstić information content (AvgIpc) is 2.67. The highest BCUT2D eigenvalue weighted by molar-refractivity contribution is 5.88. The van der Waals surface area contributed by atoms with Gasteiger partial charge in [0.1, 0.15) is 17.6 Å². The van der Waals surface area contributed by atoms with Gasteiger partial charge in [-0.25, -0.2) is 4.39 Å². The van der Waals surface area contributed by atoms with Gasteiger partial charge in [-0.05, 0) is 57.0 Å². The Morgan fingerprint density at radius 1 is 1.07 bits per heavy atom. The summed E-state index contributed by atoms with van der Waals surface area (Å²) in [6.07, 6.45) is 0.445. The van der Waals surface area contributed by atoms with Crippen molar-refractivity contribution in [1.29, 1.82) is 0 Å². The minimum Gasteiger partial charge on any atom is -0.484 e.